The molecule has 0 aromatic carbocycles. The lowest BCUT2D eigenvalue weighted by atomic mass is 9.83. The molecule has 2 aromatic rings. The molecule has 2 aliphatic heterocycles. The number of aliphatic hydroxyl groups excluding tert-OH is 1. The van der Waals surface area contributed by atoms with Crippen LogP contribution in [0.1, 0.15) is 47.2 Å². The maximum absolute atomic E-state index is 13.3. The Morgan fingerprint density at radius 3 is 2.75 bits per heavy atom. The number of hydrogen-bond donors (Lipinski definition) is 2. The molecule has 4 heterocycles. The maximum Gasteiger partial charge on any atom is 0.272 e. The van der Waals surface area contributed by atoms with E-state index in [9.17, 15) is 9.59 Å². The Bertz CT molecular complexity index is 851. The molecule has 0 saturated carbocycles. The molecule has 150 valence electrons. The number of carbonyl (C=O) groups excluding carboxylic acids is 2. The van der Waals surface area contributed by atoms with Gasteiger partial charge < -0.3 is 24.5 Å². The number of nitrogens with one attached hydrogen (secondary N) is 1. The fourth-order valence-corrected chi connectivity index (χ4v) is 4.44. The minimum absolute atomic E-state index is 0.00660. The van der Waals surface area contributed by atoms with Crippen molar-refractivity contribution in [2.24, 2.45) is 13.0 Å². The summed E-state index contributed by atoms with van der Waals surface area (Å²) in [4.78, 5) is 40.9. The molecule has 1 atom stereocenters. The lowest BCUT2D eigenvalue weighted by molar-refractivity contribution is -0.133. The van der Waals surface area contributed by atoms with E-state index in [0.29, 0.717) is 25.3 Å². The van der Waals surface area contributed by atoms with Crippen molar-refractivity contribution in [2.45, 2.75) is 31.7 Å². The Hall–Kier alpha value is -2.68. The Morgan fingerprint density at radius 2 is 2.07 bits per heavy atom. The molecule has 0 bridgehead atoms. The average Bonchev–Trinajstić information content (AvgIpc) is 3.35. The monoisotopic (exact) mass is 386 g/mol. The topological polar surface area (TPSA) is 107 Å². The molecule has 2 aromatic heterocycles. The molecule has 1 fully saturated rings. The van der Waals surface area contributed by atoms with Crippen molar-refractivity contribution >= 4 is 11.8 Å². The van der Waals surface area contributed by atoms with Crippen LogP contribution in [0.2, 0.25) is 0 Å². The second kappa shape index (κ2) is 7.75. The number of aromatic amines is 1. The van der Waals surface area contributed by atoms with Gasteiger partial charge in [0.15, 0.2) is 0 Å². The van der Waals surface area contributed by atoms with Gasteiger partial charge in [0.05, 0.1) is 37.2 Å². The molecular weight excluding hydrogens is 360 g/mol. The number of rotatable bonds is 4. The second-order valence-electron chi connectivity index (χ2n) is 7.54. The fraction of sp³-hybridized carbons (Fsp3) is 0.579. The van der Waals surface area contributed by atoms with E-state index in [0.717, 1.165) is 30.7 Å². The minimum Gasteiger partial charge on any atom is -0.396 e. The quantitative estimate of drug-likeness (QED) is 0.796. The van der Waals surface area contributed by atoms with E-state index in [1.54, 1.807) is 23.4 Å². The maximum atomic E-state index is 13.3. The second-order valence-corrected chi connectivity index (χ2v) is 7.54. The SMILES string of the molecule is Cn1cncc1C(=O)N1CCc2[nH]cnc2C1C1CCN(C(=O)CCO)CC1. The Balaban J connectivity index is 1.56. The van der Waals surface area contributed by atoms with E-state index in [1.165, 1.54) is 0 Å². The van der Waals surface area contributed by atoms with E-state index in [4.69, 9.17) is 5.11 Å². The van der Waals surface area contributed by atoms with Gasteiger partial charge in [-0.05, 0) is 18.8 Å². The number of carbonyl (C=O) groups is 2. The molecule has 0 aliphatic carbocycles. The largest absolute Gasteiger partial charge is 0.396 e. The molecule has 1 unspecified atom stereocenters. The lowest BCUT2D eigenvalue weighted by Crippen LogP contribution is -2.47. The molecule has 9 nitrogen and oxygen atoms in total. The average molecular weight is 386 g/mol. The normalized spacial score (nSPS) is 20.3. The van der Waals surface area contributed by atoms with Gasteiger partial charge in [-0.2, -0.15) is 0 Å². The number of aromatic nitrogens is 4. The first-order chi connectivity index (χ1) is 13.6. The zero-order chi connectivity index (χ0) is 19.7. The summed E-state index contributed by atoms with van der Waals surface area (Å²) >= 11 is 0. The van der Waals surface area contributed by atoms with Gasteiger partial charge in [-0.15, -0.1) is 0 Å². The lowest BCUT2D eigenvalue weighted by Gasteiger charge is -2.43. The summed E-state index contributed by atoms with van der Waals surface area (Å²) in [7, 11) is 1.82. The number of aliphatic hydroxyl groups is 1. The number of imidazole rings is 2. The summed E-state index contributed by atoms with van der Waals surface area (Å²) < 4.78 is 1.75. The van der Waals surface area contributed by atoms with Crippen molar-refractivity contribution in [3.8, 4) is 0 Å². The molecular formula is C19H26N6O3. The predicted octanol–water partition coefficient (Wildman–Crippen LogP) is 0.504. The van der Waals surface area contributed by atoms with Gasteiger partial charge in [0.2, 0.25) is 5.91 Å². The number of likely N-dealkylation sites (tertiary alicyclic amines) is 1. The number of aryl methyl sites for hydroxylation is 1. The van der Waals surface area contributed by atoms with Crippen LogP contribution >= 0.6 is 0 Å². The van der Waals surface area contributed by atoms with Crippen molar-refractivity contribution in [3.63, 3.8) is 0 Å². The van der Waals surface area contributed by atoms with Crippen molar-refractivity contribution in [3.05, 3.63) is 35.9 Å². The van der Waals surface area contributed by atoms with Crippen LogP contribution in [0.25, 0.3) is 0 Å². The summed E-state index contributed by atoms with van der Waals surface area (Å²) in [6, 6.07) is -0.104. The van der Waals surface area contributed by atoms with Gasteiger partial charge in [-0.3, -0.25) is 9.59 Å². The number of nitrogens with zero attached hydrogens (tertiary/aromatic N) is 5. The number of fused-ring (bicyclic) bond motifs is 1. The molecule has 28 heavy (non-hydrogen) atoms. The summed E-state index contributed by atoms with van der Waals surface area (Å²) in [5, 5.41) is 9.01. The van der Waals surface area contributed by atoms with Crippen LogP contribution in [0.4, 0.5) is 0 Å². The Labute approximate surface area is 163 Å². The highest BCUT2D eigenvalue weighted by atomic mass is 16.3. The summed E-state index contributed by atoms with van der Waals surface area (Å²) in [5.74, 6) is 0.197. The van der Waals surface area contributed by atoms with Crippen LogP contribution in [0.3, 0.4) is 0 Å². The minimum atomic E-state index is -0.120. The number of piperidine rings is 1. The zero-order valence-corrected chi connectivity index (χ0v) is 16.0. The highest BCUT2D eigenvalue weighted by Gasteiger charge is 2.40. The van der Waals surface area contributed by atoms with Crippen molar-refractivity contribution < 1.29 is 14.7 Å². The predicted molar refractivity (Wildman–Crippen MR) is 100 cm³/mol. The third-order valence-corrected chi connectivity index (χ3v) is 5.93. The van der Waals surface area contributed by atoms with Gasteiger partial charge in [-0.25, -0.2) is 9.97 Å². The third kappa shape index (κ3) is 3.30. The number of H-pyrrole nitrogens is 1. The van der Waals surface area contributed by atoms with Crippen molar-refractivity contribution in [1.82, 2.24) is 29.3 Å². The molecule has 2 aliphatic rings. The third-order valence-electron chi connectivity index (χ3n) is 5.93. The van der Waals surface area contributed by atoms with Gasteiger partial charge >= 0.3 is 0 Å². The molecule has 2 amide bonds. The molecule has 0 radical (unpaired) electrons. The Kier molecular flexibility index (Phi) is 5.17. The van der Waals surface area contributed by atoms with E-state index in [-0.39, 0.29) is 36.8 Å². The van der Waals surface area contributed by atoms with Crippen LogP contribution in [-0.4, -0.2) is 72.5 Å². The van der Waals surface area contributed by atoms with E-state index in [1.807, 2.05) is 16.8 Å². The molecule has 2 N–H and O–H groups in total. The van der Waals surface area contributed by atoms with Crippen LogP contribution in [0, 0.1) is 5.92 Å². The first-order valence-corrected chi connectivity index (χ1v) is 9.78. The van der Waals surface area contributed by atoms with Gasteiger partial charge in [0.1, 0.15) is 5.69 Å². The first kappa shape index (κ1) is 18.7. The van der Waals surface area contributed by atoms with E-state index < -0.39 is 0 Å². The van der Waals surface area contributed by atoms with Crippen LogP contribution in [-0.2, 0) is 18.3 Å². The highest BCUT2D eigenvalue weighted by Crippen LogP contribution is 2.39. The van der Waals surface area contributed by atoms with Gasteiger partial charge in [0, 0.05) is 45.2 Å². The van der Waals surface area contributed by atoms with Gasteiger partial charge in [-0.1, -0.05) is 0 Å². The number of hydrogen-bond acceptors (Lipinski definition) is 5. The van der Waals surface area contributed by atoms with Crippen molar-refractivity contribution in [2.75, 3.05) is 26.2 Å². The van der Waals surface area contributed by atoms with Gasteiger partial charge in [0.25, 0.3) is 5.91 Å². The van der Waals surface area contributed by atoms with Crippen LogP contribution < -0.4 is 0 Å². The van der Waals surface area contributed by atoms with E-state index >= 15 is 0 Å². The molecule has 4 rings (SSSR count). The first-order valence-electron chi connectivity index (χ1n) is 9.78. The molecule has 1 saturated heterocycles. The summed E-state index contributed by atoms with van der Waals surface area (Å²) in [6.45, 7) is 1.81. The fourth-order valence-electron chi connectivity index (χ4n) is 4.44. The van der Waals surface area contributed by atoms with Crippen molar-refractivity contribution in [1.29, 1.82) is 0 Å². The summed E-state index contributed by atoms with van der Waals surface area (Å²) in [5.41, 5.74) is 2.61. The smallest absolute Gasteiger partial charge is 0.272 e. The Morgan fingerprint density at radius 1 is 1.29 bits per heavy atom. The van der Waals surface area contributed by atoms with E-state index in [2.05, 4.69) is 15.0 Å². The standard InChI is InChI=1S/C19H26N6O3/c1-23-12-20-10-15(23)19(28)25-8-4-14-17(22-11-21-14)18(25)13-2-6-24(7-3-13)16(27)5-9-26/h10-13,18,26H,2-9H2,1H3,(H,21,22). The highest BCUT2D eigenvalue weighted by molar-refractivity contribution is 5.92. The summed E-state index contributed by atoms with van der Waals surface area (Å²) in [6.07, 6.45) is 7.49. The zero-order valence-electron chi connectivity index (χ0n) is 16.0. The van der Waals surface area contributed by atoms with Crippen LogP contribution in [0.15, 0.2) is 18.9 Å². The molecule has 0 spiro atoms. The molecule has 9 heteroatoms. The number of amides is 2. The van der Waals surface area contributed by atoms with Crippen LogP contribution in [0.5, 0.6) is 0 Å².